The van der Waals surface area contributed by atoms with Gasteiger partial charge in [0.15, 0.2) is 12.4 Å². The minimum Gasteiger partial charge on any atom is -0.387 e. The van der Waals surface area contributed by atoms with Crippen molar-refractivity contribution in [1.29, 1.82) is 0 Å². The Morgan fingerprint density at radius 3 is 3.12 bits per heavy atom. The minimum absolute atomic E-state index is 0.0953. The Morgan fingerprint density at radius 2 is 2.53 bits per heavy atom. The van der Waals surface area contributed by atoms with Crippen LogP contribution in [0.15, 0.2) is 18.3 Å². The van der Waals surface area contributed by atoms with Gasteiger partial charge in [0, 0.05) is 12.6 Å². The largest absolute Gasteiger partial charge is 0.387 e. The summed E-state index contributed by atoms with van der Waals surface area (Å²) in [6.07, 6.45) is 2.03. The first kappa shape index (κ1) is 11.9. The lowest BCUT2D eigenvalue weighted by atomic mass is 10.3. The predicted molar refractivity (Wildman–Crippen MR) is 62.1 cm³/mol. The van der Waals surface area contributed by atoms with Crippen LogP contribution in [0.4, 0.5) is 5.82 Å². The van der Waals surface area contributed by atoms with E-state index in [1.807, 2.05) is 7.05 Å². The molecule has 0 saturated carbocycles. The molecule has 2 N–H and O–H groups in total. The van der Waals surface area contributed by atoms with Crippen molar-refractivity contribution in [2.45, 2.75) is 12.5 Å². The average Bonchev–Trinajstić information content (AvgIpc) is 2.59. The van der Waals surface area contributed by atoms with Crippen LogP contribution in [-0.4, -0.2) is 58.5 Å². The molecule has 0 aliphatic carbocycles. The molecule has 92 valence electrons. The molecular weight excluding hydrogens is 220 g/mol. The molecule has 2 unspecified atom stereocenters. The number of aromatic nitrogens is 2. The van der Waals surface area contributed by atoms with Gasteiger partial charge in [-0.15, -0.1) is 5.10 Å². The van der Waals surface area contributed by atoms with E-state index in [2.05, 4.69) is 15.5 Å². The van der Waals surface area contributed by atoms with E-state index in [1.165, 1.54) is 0 Å². The molecule has 6 nitrogen and oxygen atoms in total. The van der Waals surface area contributed by atoms with E-state index in [0.29, 0.717) is 23.4 Å². The van der Waals surface area contributed by atoms with Crippen molar-refractivity contribution < 1.29 is 14.4 Å². The van der Waals surface area contributed by atoms with Crippen LogP contribution in [0.5, 0.6) is 0 Å². The van der Waals surface area contributed by atoms with E-state index in [0.717, 1.165) is 13.0 Å². The Hall–Kier alpha value is -1.53. The highest BCUT2D eigenvalue weighted by atomic mass is 16.3. The number of anilines is 1. The van der Waals surface area contributed by atoms with Crippen molar-refractivity contribution in [3.63, 3.8) is 0 Å². The molecule has 1 aromatic heterocycles. The summed E-state index contributed by atoms with van der Waals surface area (Å²) in [6, 6.07) is 3.42. The van der Waals surface area contributed by atoms with E-state index in [4.69, 9.17) is 0 Å². The highest BCUT2D eigenvalue weighted by molar-refractivity contribution is 5.90. The summed E-state index contributed by atoms with van der Waals surface area (Å²) >= 11 is 0. The highest BCUT2D eigenvalue weighted by Crippen LogP contribution is 2.16. The Morgan fingerprint density at radius 1 is 1.71 bits per heavy atom. The lowest BCUT2D eigenvalue weighted by molar-refractivity contribution is -0.890. The summed E-state index contributed by atoms with van der Waals surface area (Å²) < 4.78 is 0.577. The molecule has 2 atom stereocenters. The molecule has 0 spiro atoms. The molecule has 0 bridgehead atoms. The number of quaternary nitrogens is 1. The maximum absolute atomic E-state index is 11.8. The molecule has 6 heteroatoms. The molecule has 0 radical (unpaired) electrons. The molecule has 1 amide bonds. The number of nitrogens with zero attached hydrogens (tertiary/aromatic N) is 3. The number of hydrogen-bond donors (Lipinski definition) is 2. The first-order valence-electron chi connectivity index (χ1n) is 5.67. The van der Waals surface area contributed by atoms with Crippen LogP contribution in [0.3, 0.4) is 0 Å². The van der Waals surface area contributed by atoms with Crippen LogP contribution in [0, 0.1) is 0 Å². The third-order valence-corrected chi connectivity index (χ3v) is 3.02. The van der Waals surface area contributed by atoms with Gasteiger partial charge in [-0.05, 0) is 12.1 Å². The normalized spacial score (nSPS) is 28.0. The van der Waals surface area contributed by atoms with E-state index >= 15 is 0 Å². The van der Waals surface area contributed by atoms with Gasteiger partial charge in [-0.1, -0.05) is 0 Å². The number of aliphatic hydroxyl groups excluding tert-OH is 1. The topological polar surface area (TPSA) is 75.1 Å². The van der Waals surface area contributed by atoms with Crippen molar-refractivity contribution in [3.8, 4) is 0 Å². The zero-order chi connectivity index (χ0) is 12.3. The van der Waals surface area contributed by atoms with Gasteiger partial charge in [-0.2, -0.15) is 5.10 Å². The van der Waals surface area contributed by atoms with Crippen molar-refractivity contribution >= 4 is 11.7 Å². The van der Waals surface area contributed by atoms with Crippen LogP contribution < -0.4 is 5.32 Å². The number of carbonyl (C=O) groups excluding carboxylic acids is 1. The molecule has 2 heterocycles. The number of hydrogen-bond acceptors (Lipinski definition) is 4. The lowest BCUT2D eigenvalue weighted by Crippen LogP contribution is -2.47. The summed E-state index contributed by atoms with van der Waals surface area (Å²) in [5.74, 6) is 0.367. The molecule has 1 aromatic rings. The highest BCUT2D eigenvalue weighted by Gasteiger charge is 2.35. The van der Waals surface area contributed by atoms with Crippen molar-refractivity contribution in [2.75, 3.05) is 32.0 Å². The maximum atomic E-state index is 11.8. The van der Waals surface area contributed by atoms with Crippen molar-refractivity contribution in [3.05, 3.63) is 18.3 Å². The van der Waals surface area contributed by atoms with E-state index in [9.17, 15) is 9.90 Å². The Balaban J connectivity index is 1.90. The molecule has 0 aromatic carbocycles. The number of nitrogens with one attached hydrogen (secondary N) is 1. The van der Waals surface area contributed by atoms with Crippen LogP contribution in [-0.2, 0) is 4.79 Å². The molecule has 2 rings (SSSR count). The Bertz CT molecular complexity index is 398. The number of likely N-dealkylation sites (tertiary alicyclic amines) is 1. The van der Waals surface area contributed by atoms with E-state index < -0.39 is 0 Å². The lowest BCUT2D eigenvalue weighted by Gasteiger charge is -2.28. The number of rotatable bonds is 3. The number of likely N-dealkylation sites (N-methyl/N-ethyl adjacent to an activating group) is 1. The number of amides is 1. The summed E-state index contributed by atoms with van der Waals surface area (Å²) in [4.78, 5) is 11.8. The zero-order valence-corrected chi connectivity index (χ0v) is 9.83. The molecular formula is C11H17N4O2+. The zero-order valence-electron chi connectivity index (χ0n) is 9.83. The first-order valence-corrected chi connectivity index (χ1v) is 5.67. The second-order valence-corrected chi connectivity index (χ2v) is 4.78. The maximum Gasteiger partial charge on any atom is 0.280 e. The van der Waals surface area contributed by atoms with Crippen LogP contribution in [0.2, 0.25) is 0 Å². The van der Waals surface area contributed by atoms with Gasteiger partial charge in [0.1, 0.15) is 12.6 Å². The average molecular weight is 237 g/mol. The van der Waals surface area contributed by atoms with Gasteiger partial charge in [0.05, 0.1) is 13.6 Å². The minimum atomic E-state index is -0.288. The molecule has 1 aliphatic heterocycles. The quantitative estimate of drug-likeness (QED) is 0.703. The van der Waals surface area contributed by atoms with Gasteiger partial charge in [-0.3, -0.25) is 4.79 Å². The summed E-state index contributed by atoms with van der Waals surface area (Å²) in [6.45, 7) is 1.82. The third kappa shape index (κ3) is 3.21. The summed E-state index contributed by atoms with van der Waals surface area (Å²) in [5.41, 5.74) is 0. The Kier molecular flexibility index (Phi) is 3.35. The molecule has 1 aliphatic rings. The summed E-state index contributed by atoms with van der Waals surface area (Å²) in [7, 11) is 1.98. The fraction of sp³-hybridized carbons (Fsp3) is 0.545. The second-order valence-electron chi connectivity index (χ2n) is 4.78. The van der Waals surface area contributed by atoms with E-state index in [-0.39, 0.29) is 12.0 Å². The van der Waals surface area contributed by atoms with Crippen molar-refractivity contribution in [1.82, 2.24) is 10.2 Å². The fourth-order valence-corrected chi connectivity index (χ4v) is 2.19. The molecule has 1 saturated heterocycles. The van der Waals surface area contributed by atoms with Gasteiger partial charge in [0.25, 0.3) is 5.91 Å². The van der Waals surface area contributed by atoms with Gasteiger partial charge < -0.3 is 14.9 Å². The van der Waals surface area contributed by atoms with Crippen LogP contribution >= 0.6 is 0 Å². The monoisotopic (exact) mass is 237 g/mol. The third-order valence-electron chi connectivity index (χ3n) is 3.02. The van der Waals surface area contributed by atoms with Gasteiger partial charge in [-0.25, -0.2) is 0 Å². The molecule has 17 heavy (non-hydrogen) atoms. The number of aliphatic hydroxyl groups is 1. The van der Waals surface area contributed by atoms with Crippen LogP contribution in [0.1, 0.15) is 6.42 Å². The molecule has 1 fully saturated rings. The predicted octanol–water partition coefficient (Wildman–Crippen LogP) is -0.374. The van der Waals surface area contributed by atoms with Crippen molar-refractivity contribution in [2.24, 2.45) is 0 Å². The fourth-order valence-electron chi connectivity index (χ4n) is 2.19. The van der Waals surface area contributed by atoms with Gasteiger partial charge >= 0.3 is 0 Å². The first-order chi connectivity index (χ1) is 8.07. The van der Waals surface area contributed by atoms with Gasteiger partial charge in [0.2, 0.25) is 0 Å². The van der Waals surface area contributed by atoms with Crippen LogP contribution in [0.25, 0.3) is 0 Å². The summed E-state index contributed by atoms with van der Waals surface area (Å²) in [5, 5.41) is 19.7. The Labute approximate surface area is 99.9 Å². The second kappa shape index (κ2) is 4.77. The SMILES string of the molecule is C[N+]1(CC(=O)Nc2cccnn2)CCC(O)C1. The number of carbonyl (C=O) groups is 1. The van der Waals surface area contributed by atoms with E-state index in [1.54, 1.807) is 18.3 Å². The smallest absolute Gasteiger partial charge is 0.280 e. The standard InChI is InChI=1S/C11H16N4O2/c1-15(6-4-9(16)7-15)8-11(17)13-10-3-2-5-12-14-10/h2-3,5,9,16H,4,6-8H2,1H3/p+1.